The van der Waals surface area contributed by atoms with Crippen LogP contribution in [-0.4, -0.2) is 73.0 Å². The maximum Gasteiger partial charge on any atom is 0.236 e. The van der Waals surface area contributed by atoms with Gasteiger partial charge in [0, 0.05) is 26.2 Å². The molecule has 4 heteroatoms. The largest absolute Gasteiger partial charge is 0.343 e. The second-order valence-electron chi connectivity index (χ2n) is 4.95. The van der Waals surface area contributed by atoms with E-state index in [4.69, 9.17) is 0 Å². The van der Waals surface area contributed by atoms with Crippen LogP contribution in [0.5, 0.6) is 0 Å². The number of rotatable bonds is 2. The van der Waals surface area contributed by atoms with Gasteiger partial charge in [0.25, 0.3) is 0 Å². The third kappa shape index (κ3) is 2.55. The highest BCUT2D eigenvalue weighted by Gasteiger charge is 2.29. The molecule has 0 bridgehead atoms. The molecule has 2 rings (SSSR count). The van der Waals surface area contributed by atoms with Crippen LogP contribution >= 0.6 is 0 Å². The number of piperidine rings is 1. The van der Waals surface area contributed by atoms with E-state index >= 15 is 0 Å². The van der Waals surface area contributed by atoms with Crippen LogP contribution in [0.3, 0.4) is 0 Å². The number of hydrogen-bond acceptors (Lipinski definition) is 3. The molecule has 2 aliphatic heterocycles. The standard InChI is InChI=1S/C12H23N3O/c1-3-14-6-4-11(5-7-14)15-9-8-13(2)12(16)10-15/h11H,3-10H2,1-2H3. The second kappa shape index (κ2) is 5.15. The Labute approximate surface area is 98.2 Å². The molecule has 0 radical (unpaired) electrons. The summed E-state index contributed by atoms with van der Waals surface area (Å²) in [7, 11) is 1.90. The molecule has 2 fully saturated rings. The van der Waals surface area contributed by atoms with Crippen molar-refractivity contribution in [2.75, 3.05) is 46.3 Å². The SMILES string of the molecule is CCN1CCC(N2CCN(C)C(=O)C2)CC1. The van der Waals surface area contributed by atoms with Crippen LogP contribution in [0, 0.1) is 0 Å². The number of piperazine rings is 1. The van der Waals surface area contributed by atoms with Crippen LogP contribution in [0.1, 0.15) is 19.8 Å². The van der Waals surface area contributed by atoms with Gasteiger partial charge in [-0.1, -0.05) is 6.92 Å². The van der Waals surface area contributed by atoms with Crippen molar-refractivity contribution in [3.8, 4) is 0 Å². The normalized spacial score (nSPS) is 26.4. The molecule has 2 heterocycles. The molecule has 92 valence electrons. The van der Waals surface area contributed by atoms with E-state index < -0.39 is 0 Å². The number of likely N-dealkylation sites (N-methyl/N-ethyl adjacent to an activating group) is 1. The molecule has 1 amide bonds. The van der Waals surface area contributed by atoms with Gasteiger partial charge in [-0.25, -0.2) is 0 Å². The maximum atomic E-state index is 11.6. The zero-order valence-corrected chi connectivity index (χ0v) is 10.5. The minimum Gasteiger partial charge on any atom is -0.343 e. The van der Waals surface area contributed by atoms with Crippen molar-refractivity contribution in [1.82, 2.24) is 14.7 Å². The molecule has 0 spiro atoms. The van der Waals surface area contributed by atoms with E-state index in [1.165, 1.54) is 25.9 Å². The van der Waals surface area contributed by atoms with E-state index in [-0.39, 0.29) is 5.91 Å². The lowest BCUT2D eigenvalue weighted by Crippen LogP contribution is -2.54. The third-order valence-corrected chi connectivity index (χ3v) is 4.01. The van der Waals surface area contributed by atoms with Crippen LogP contribution < -0.4 is 0 Å². The summed E-state index contributed by atoms with van der Waals surface area (Å²) in [5, 5.41) is 0. The van der Waals surface area contributed by atoms with Gasteiger partial charge in [0.2, 0.25) is 5.91 Å². The first-order valence-corrected chi connectivity index (χ1v) is 6.41. The van der Waals surface area contributed by atoms with Gasteiger partial charge in [0.1, 0.15) is 0 Å². The van der Waals surface area contributed by atoms with Crippen molar-refractivity contribution < 1.29 is 4.79 Å². The minimum absolute atomic E-state index is 0.282. The number of hydrogen-bond donors (Lipinski definition) is 0. The van der Waals surface area contributed by atoms with Crippen LogP contribution in [0.15, 0.2) is 0 Å². The summed E-state index contributed by atoms with van der Waals surface area (Å²) >= 11 is 0. The molecular weight excluding hydrogens is 202 g/mol. The Bertz CT molecular complexity index is 249. The summed E-state index contributed by atoms with van der Waals surface area (Å²) < 4.78 is 0. The Hall–Kier alpha value is -0.610. The Kier molecular flexibility index (Phi) is 3.82. The van der Waals surface area contributed by atoms with Crippen molar-refractivity contribution in [2.24, 2.45) is 0 Å². The number of carbonyl (C=O) groups is 1. The van der Waals surface area contributed by atoms with Crippen molar-refractivity contribution in [3.05, 3.63) is 0 Å². The first kappa shape index (κ1) is 11.9. The minimum atomic E-state index is 0.282. The third-order valence-electron chi connectivity index (χ3n) is 4.01. The quantitative estimate of drug-likeness (QED) is 0.674. The van der Waals surface area contributed by atoms with Gasteiger partial charge in [-0.2, -0.15) is 0 Å². The highest BCUT2D eigenvalue weighted by atomic mass is 16.2. The first-order valence-electron chi connectivity index (χ1n) is 6.41. The fourth-order valence-electron chi connectivity index (χ4n) is 2.69. The van der Waals surface area contributed by atoms with Gasteiger partial charge in [0.05, 0.1) is 6.54 Å². The van der Waals surface area contributed by atoms with E-state index in [9.17, 15) is 4.79 Å². The average Bonchev–Trinajstić information content (AvgIpc) is 2.33. The monoisotopic (exact) mass is 225 g/mol. The predicted molar refractivity (Wildman–Crippen MR) is 64.3 cm³/mol. The summed E-state index contributed by atoms with van der Waals surface area (Å²) in [5.41, 5.74) is 0. The summed E-state index contributed by atoms with van der Waals surface area (Å²) in [6, 6.07) is 0.639. The van der Waals surface area contributed by atoms with E-state index in [2.05, 4.69) is 16.7 Å². The highest BCUT2D eigenvalue weighted by Crippen LogP contribution is 2.17. The smallest absolute Gasteiger partial charge is 0.236 e. The number of amides is 1. The van der Waals surface area contributed by atoms with E-state index in [0.29, 0.717) is 12.6 Å². The second-order valence-corrected chi connectivity index (χ2v) is 4.95. The average molecular weight is 225 g/mol. The van der Waals surface area contributed by atoms with Crippen LogP contribution in [0.25, 0.3) is 0 Å². The lowest BCUT2D eigenvalue weighted by Gasteiger charge is -2.41. The molecule has 0 aromatic rings. The fraction of sp³-hybridized carbons (Fsp3) is 0.917. The number of carbonyl (C=O) groups excluding carboxylic acids is 1. The summed E-state index contributed by atoms with van der Waals surface area (Å²) in [6.45, 7) is 8.36. The van der Waals surface area contributed by atoms with Crippen LogP contribution in [-0.2, 0) is 4.79 Å². The predicted octanol–water partition coefficient (Wildman–Crippen LogP) is 0.245. The summed E-state index contributed by atoms with van der Waals surface area (Å²) in [4.78, 5) is 18.4. The van der Waals surface area contributed by atoms with Crippen LogP contribution in [0.2, 0.25) is 0 Å². The molecule has 2 saturated heterocycles. The van der Waals surface area contributed by atoms with Crippen molar-refractivity contribution in [2.45, 2.75) is 25.8 Å². The molecule has 0 aromatic carbocycles. The molecule has 4 nitrogen and oxygen atoms in total. The number of nitrogens with zero attached hydrogens (tertiary/aromatic N) is 3. The Morgan fingerprint density at radius 3 is 2.44 bits per heavy atom. The molecule has 0 saturated carbocycles. The van der Waals surface area contributed by atoms with Gasteiger partial charge in [-0.05, 0) is 32.5 Å². The number of likely N-dealkylation sites (tertiary alicyclic amines) is 1. The van der Waals surface area contributed by atoms with Crippen LogP contribution in [0.4, 0.5) is 0 Å². The van der Waals surface area contributed by atoms with Gasteiger partial charge < -0.3 is 9.80 Å². The fourth-order valence-corrected chi connectivity index (χ4v) is 2.69. The van der Waals surface area contributed by atoms with E-state index in [1.807, 2.05) is 11.9 Å². The zero-order chi connectivity index (χ0) is 11.5. The summed E-state index contributed by atoms with van der Waals surface area (Å²) in [5.74, 6) is 0.282. The Morgan fingerprint density at radius 1 is 1.19 bits per heavy atom. The Balaban J connectivity index is 1.83. The van der Waals surface area contributed by atoms with Gasteiger partial charge in [-0.15, -0.1) is 0 Å². The van der Waals surface area contributed by atoms with Crippen molar-refractivity contribution in [3.63, 3.8) is 0 Å². The van der Waals surface area contributed by atoms with Crippen molar-refractivity contribution in [1.29, 1.82) is 0 Å². The van der Waals surface area contributed by atoms with E-state index in [1.54, 1.807) is 0 Å². The molecule has 2 aliphatic rings. The van der Waals surface area contributed by atoms with Gasteiger partial charge in [-0.3, -0.25) is 9.69 Å². The zero-order valence-electron chi connectivity index (χ0n) is 10.5. The summed E-state index contributed by atoms with van der Waals surface area (Å²) in [6.07, 6.45) is 2.45. The maximum absolute atomic E-state index is 11.6. The van der Waals surface area contributed by atoms with Gasteiger partial charge >= 0.3 is 0 Å². The molecule has 0 N–H and O–H groups in total. The Morgan fingerprint density at radius 2 is 1.88 bits per heavy atom. The van der Waals surface area contributed by atoms with Crippen molar-refractivity contribution >= 4 is 5.91 Å². The molecule has 16 heavy (non-hydrogen) atoms. The molecule has 0 atom stereocenters. The first-order chi connectivity index (χ1) is 7.70. The lowest BCUT2D eigenvalue weighted by atomic mass is 10.0. The molecular formula is C12H23N3O. The topological polar surface area (TPSA) is 26.8 Å². The molecule has 0 unspecified atom stereocenters. The lowest BCUT2D eigenvalue weighted by molar-refractivity contribution is -0.135. The van der Waals surface area contributed by atoms with E-state index in [0.717, 1.165) is 19.6 Å². The highest BCUT2D eigenvalue weighted by molar-refractivity contribution is 5.78. The van der Waals surface area contributed by atoms with Gasteiger partial charge in [0.15, 0.2) is 0 Å². The molecule has 0 aromatic heterocycles. The molecule has 0 aliphatic carbocycles.